The van der Waals surface area contributed by atoms with E-state index in [1.54, 1.807) is 24.3 Å². The van der Waals surface area contributed by atoms with Crippen LogP contribution in [0.5, 0.6) is 5.75 Å². The SMILES string of the molecule is CN1CCc2c(sc(NC(=O)COc3ccc(Cl)cc3)c2C(N)=O)C1. The summed E-state index contributed by atoms with van der Waals surface area (Å²) in [6.07, 6.45) is 0.748. The molecular weight excluding hydrogens is 362 g/mol. The smallest absolute Gasteiger partial charge is 0.262 e. The van der Waals surface area contributed by atoms with Gasteiger partial charge in [-0.25, -0.2) is 0 Å². The first-order valence-electron chi connectivity index (χ1n) is 7.75. The molecule has 0 spiro atoms. The van der Waals surface area contributed by atoms with Crippen molar-refractivity contribution in [2.24, 2.45) is 5.73 Å². The number of carbonyl (C=O) groups is 2. The third-order valence-electron chi connectivity index (χ3n) is 3.93. The largest absolute Gasteiger partial charge is 0.484 e. The molecule has 8 heteroatoms. The number of nitrogens with two attached hydrogens (primary N) is 1. The predicted molar refractivity (Wildman–Crippen MR) is 98.5 cm³/mol. The third kappa shape index (κ3) is 4.12. The lowest BCUT2D eigenvalue weighted by atomic mass is 10.0. The number of nitrogens with one attached hydrogen (secondary N) is 1. The van der Waals surface area contributed by atoms with Gasteiger partial charge in [0.05, 0.1) is 5.56 Å². The van der Waals surface area contributed by atoms with E-state index in [4.69, 9.17) is 22.1 Å². The maximum Gasteiger partial charge on any atom is 0.262 e. The fourth-order valence-electron chi connectivity index (χ4n) is 2.72. The van der Waals surface area contributed by atoms with Crippen molar-refractivity contribution in [2.45, 2.75) is 13.0 Å². The second kappa shape index (κ2) is 7.43. The van der Waals surface area contributed by atoms with Crippen molar-refractivity contribution in [3.05, 3.63) is 45.3 Å². The molecule has 0 aliphatic carbocycles. The zero-order chi connectivity index (χ0) is 18.0. The van der Waals surface area contributed by atoms with Crippen LogP contribution in [0.3, 0.4) is 0 Å². The molecule has 132 valence electrons. The summed E-state index contributed by atoms with van der Waals surface area (Å²) in [5.74, 6) is -0.317. The van der Waals surface area contributed by atoms with Gasteiger partial charge in [-0.1, -0.05) is 11.6 Å². The van der Waals surface area contributed by atoms with Crippen molar-refractivity contribution >= 4 is 39.8 Å². The number of hydrogen-bond donors (Lipinski definition) is 2. The number of halogens is 1. The van der Waals surface area contributed by atoms with E-state index in [1.807, 2.05) is 7.05 Å². The molecule has 0 saturated carbocycles. The summed E-state index contributed by atoms with van der Waals surface area (Å²) < 4.78 is 5.42. The van der Waals surface area contributed by atoms with E-state index in [9.17, 15) is 9.59 Å². The number of ether oxygens (including phenoxy) is 1. The highest BCUT2D eigenvalue weighted by molar-refractivity contribution is 7.17. The maximum absolute atomic E-state index is 12.2. The molecule has 0 atom stereocenters. The van der Waals surface area contributed by atoms with Crippen molar-refractivity contribution in [2.75, 3.05) is 25.5 Å². The summed E-state index contributed by atoms with van der Waals surface area (Å²) in [5.41, 5.74) is 6.90. The number of nitrogens with zero attached hydrogens (tertiary/aromatic N) is 1. The minimum absolute atomic E-state index is 0.164. The minimum Gasteiger partial charge on any atom is -0.484 e. The van der Waals surface area contributed by atoms with Crippen LogP contribution in [0.2, 0.25) is 5.02 Å². The van der Waals surface area contributed by atoms with Gasteiger partial charge in [-0.15, -0.1) is 11.3 Å². The minimum atomic E-state index is -0.518. The first kappa shape index (κ1) is 17.7. The van der Waals surface area contributed by atoms with Gasteiger partial charge in [0, 0.05) is 23.0 Å². The maximum atomic E-state index is 12.2. The van der Waals surface area contributed by atoms with E-state index < -0.39 is 5.91 Å². The van der Waals surface area contributed by atoms with Crippen LogP contribution in [0.4, 0.5) is 5.00 Å². The summed E-state index contributed by atoms with van der Waals surface area (Å²) in [6, 6.07) is 6.74. The van der Waals surface area contributed by atoms with Crippen LogP contribution >= 0.6 is 22.9 Å². The normalized spacial score (nSPS) is 14.0. The molecule has 0 radical (unpaired) electrons. The average molecular weight is 380 g/mol. The number of fused-ring (bicyclic) bond motifs is 1. The lowest BCUT2D eigenvalue weighted by Gasteiger charge is -2.22. The quantitative estimate of drug-likeness (QED) is 0.835. The van der Waals surface area contributed by atoms with Crippen molar-refractivity contribution < 1.29 is 14.3 Å². The lowest BCUT2D eigenvalue weighted by Crippen LogP contribution is -2.27. The lowest BCUT2D eigenvalue weighted by molar-refractivity contribution is -0.118. The zero-order valence-electron chi connectivity index (χ0n) is 13.7. The molecule has 6 nitrogen and oxygen atoms in total. The van der Waals surface area contributed by atoms with Gasteiger partial charge >= 0.3 is 0 Å². The molecule has 2 heterocycles. The van der Waals surface area contributed by atoms with Gasteiger partial charge < -0.3 is 20.7 Å². The van der Waals surface area contributed by atoms with Gasteiger partial charge in [0.2, 0.25) is 0 Å². The van der Waals surface area contributed by atoms with Gasteiger partial charge in [-0.05, 0) is 43.3 Å². The van der Waals surface area contributed by atoms with Crippen molar-refractivity contribution in [3.63, 3.8) is 0 Å². The third-order valence-corrected chi connectivity index (χ3v) is 5.31. The van der Waals surface area contributed by atoms with E-state index >= 15 is 0 Å². The van der Waals surface area contributed by atoms with Crippen LogP contribution in [0.25, 0.3) is 0 Å². The van der Waals surface area contributed by atoms with E-state index in [1.165, 1.54) is 11.3 Å². The number of hydrogen-bond acceptors (Lipinski definition) is 5. The molecule has 3 N–H and O–H groups in total. The van der Waals surface area contributed by atoms with Gasteiger partial charge in [0.15, 0.2) is 6.61 Å². The molecule has 1 aliphatic rings. The number of benzene rings is 1. The van der Waals surface area contributed by atoms with Crippen molar-refractivity contribution in [3.8, 4) is 5.75 Å². The number of likely N-dealkylation sites (N-methyl/N-ethyl adjacent to an activating group) is 1. The summed E-state index contributed by atoms with van der Waals surface area (Å²) >= 11 is 7.21. The van der Waals surface area contributed by atoms with Crippen molar-refractivity contribution in [1.29, 1.82) is 0 Å². The molecule has 0 fully saturated rings. The van der Waals surface area contributed by atoms with Crippen molar-refractivity contribution in [1.82, 2.24) is 4.90 Å². The van der Waals surface area contributed by atoms with Crippen LogP contribution in [0, 0.1) is 0 Å². The van der Waals surface area contributed by atoms with E-state index in [2.05, 4.69) is 10.2 Å². The van der Waals surface area contributed by atoms with Crippen LogP contribution in [0.15, 0.2) is 24.3 Å². The fraction of sp³-hybridized carbons (Fsp3) is 0.294. The van der Waals surface area contributed by atoms with Crippen LogP contribution in [-0.4, -0.2) is 36.9 Å². The summed E-state index contributed by atoms with van der Waals surface area (Å²) in [4.78, 5) is 27.3. The Morgan fingerprint density at radius 2 is 2.08 bits per heavy atom. The molecular formula is C17H18ClN3O3S. The topological polar surface area (TPSA) is 84.7 Å². The van der Waals surface area contributed by atoms with Crippen LogP contribution in [-0.2, 0) is 17.8 Å². The number of carbonyl (C=O) groups excluding carboxylic acids is 2. The molecule has 25 heavy (non-hydrogen) atoms. The Morgan fingerprint density at radius 1 is 1.36 bits per heavy atom. The molecule has 0 saturated heterocycles. The van der Waals surface area contributed by atoms with E-state index in [0.29, 0.717) is 21.3 Å². The summed E-state index contributed by atoms with van der Waals surface area (Å²) in [7, 11) is 2.02. The average Bonchev–Trinajstić information content (AvgIpc) is 2.91. The Balaban J connectivity index is 1.70. The molecule has 1 aromatic carbocycles. The first-order chi connectivity index (χ1) is 11.9. The number of amides is 2. The molecule has 3 rings (SSSR count). The summed E-state index contributed by atoms with van der Waals surface area (Å²) in [6.45, 7) is 1.44. The molecule has 1 aliphatic heterocycles. The second-order valence-corrected chi connectivity index (χ2v) is 7.39. The Hall–Kier alpha value is -2.09. The highest BCUT2D eigenvalue weighted by Gasteiger charge is 2.26. The van der Waals surface area contributed by atoms with E-state index in [0.717, 1.165) is 30.0 Å². The van der Waals surface area contributed by atoms with E-state index in [-0.39, 0.29) is 12.5 Å². The van der Waals surface area contributed by atoms with Gasteiger partial charge in [0.1, 0.15) is 10.8 Å². The monoisotopic (exact) mass is 379 g/mol. The first-order valence-corrected chi connectivity index (χ1v) is 8.94. The number of anilines is 1. The fourth-order valence-corrected chi connectivity index (χ4v) is 4.20. The highest BCUT2D eigenvalue weighted by Crippen LogP contribution is 2.36. The predicted octanol–water partition coefficient (Wildman–Crippen LogP) is 2.51. The molecule has 2 aromatic rings. The number of primary amides is 1. The van der Waals surface area contributed by atoms with Crippen LogP contribution < -0.4 is 15.8 Å². The number of rotatable bonds is 5. The Kier molecular flexibility index (Phi) is 5.27. The molecule has 0 bridgehead atoms. The zero-order valence-corrected chi connectivity index (χ0v) is 15.2. The molecule has 0 unspecified atom stereocenters. The van der Waals surface area contributed by atoms with Gasteiger partial charge in [-0.3, -0.25) is 9.59 Å². The summed E-state index contributed by atoms with van der Waals surface area (Å²) in [5, 5.41) is 3.85. The molecule has 1 aromatic heterocycles. The number of thiophene rings is 1. The second-order valence-electron chi connectivity index (χ2n) is 5.85. The van der Waals surface area contributed by atoms with Gasteiger partial charge in [-0.2, -0.15) is 0 Å². The standard InChI is InChI=1S/C17H18ClN3O3S/c1-21-7-6-12-13(8-21)25-17(15(12)16(19)23)20-14(22)9-24-11-4-2-10(18)3-5-11/h2-5H,6-9H2,1H3,(H2,19,23)(H,20,22). The van der Waals surface area contributed by atoms with Crippen LogP contribution in [0.1, 0.15) is 20.8 Å². The van der Waals surface area contributed by atoms with Gasteiger partial charge in [0.25, 0.3) is 11.8 Å². The Morgan fingerprint density at radius 3 is 2.76 bits per heavy atom. The molecule has 2 amide bonds. The Labute approximate surface area is 154 Å². The highest BCUT2D eigenvalue weighted by atomic mass is 35.5. The Bertz CT molecular complexity index is 804.